The Morgan fingerprint density at radius 3 is 2.16 bits per heavy atom. The van der Waals surface area contributed by atoms with Crippen LogP contribution in [0.3, 0.4) is 0 Å². The van der Waals surface area contributed by atoms with Crippen LogP contribution in [0.15, 0.2) is 18.2 Å². The van der Waals surface area contributed by atoms with Gasteiger partial charge in [-0.15, -0.1) is 0 Å². The predicted octanol–water partition coefficient (Wildman–Crippen LogP) is 2.97. The molecule has 2 heteroatoms. The van der Waals surface area contributed by atoms with Crippen LogP contribution >= 0.6 is 0 Å². The maximum atomic E-state index is 10.7. The van der Waals surface area contributed by atoms with Crippen LogP contribution in [0.4, 0.5) is 0 Å². The predicted molar refractivity (Wildman–Crippen MR) is 80.1 cm³/mol. The molecule has 1 aliphatic carbocycles. The number of nitrogens with two attached hydrogens (primary N) is 1. The second kappa shape index (κ2) is 4.92. The number of aryl methyl sites for hydroxylation is 2. The minimum Gasteiger partial charge on any atom is -0.392 e. The van der Waals surface area contributed by atoms with E-state index in [1.165, 1.54) is 16.7 Å². The van der Waals surface area contributed by atoms with Crippen molar-refractivity contribution in [1.82, 2.24) is 0 Å². The van der Waals surface area contributed by atoms with Crippen LogP contribution in [0.5, 0.6) is 0 Å². The Hall–Kier alpha value is -0.860. The third-order valence-corrected chi connectivity index (χ3v) is 4.83. The molecular weight excluding hydrogens is 234 g/mol. The maximum absolute atomic E-state index is 10.7. The van der Waals surface area contributed by atoms with E-state index >= 15 is 0 Å². The van der Waals surface area contributed by atoms with Crippen LogP contribution in [0.25, 0.3) is 0 Å². The maximum Gasteiger partial charge on any atom is 0.0662 e. The fourth-order valence-corrected chi connectivity index (χ4v) is 3.72. The van der Waals surface area contributed by atoms with Crippen LogP contribution in [0, 0.1) is 24.7 Å². The first-order valence-electron chi connectivity index (χ1n) is 7.24. The van der Waals surface area contributed by atoms with Gasteiger partial charge in [-0.3, -0.25) is 0 Å². The molecule has 2 atom stereocenters. The Kier molecular flexibility index (Phi) is 3.76. The lowest BCUT2D eigenvalue weighted by Gasteiger charge is -2.36. The summed E-state index contributed by atoms with van der Waals surface area (Å²) in [4.78, 5) is 0. The monoisotopic (exact) mass is 261 g/mol. The van der Waals surface area contributed by atoms with Crippen molar-refractivity contribution in [1.29, 1.82) is 0 Å². The van der Waals surface area contributed by atoms with E-state index in [1.807, 2.05) is 0 Å². The van der Waals surface area contributed by atoms with Crippen molar-refractivity contribution in [3.8, 4) is 0 Å². The molecule has 3 N–H and O–H groups in total. The number of rotatable bonds is 3. The summed E-state index contributed by atoms with van der Waals surface area (Å²) in [6, 6.07) is 6.64. The standard InChI is InChI=1S/C17H27NO/c1-12-7-13(2)9-14(8-12)10-17(11-18)6-5-16(3,4)15(17)19/h7-9,15,19H,5-6,10-11,18H2,1-4H3. The average molecular weight is 261 g/mol. The lowest BCUT2D eigenvalue weighted by Crippen LogP contribution is -2.44. The Balaban J connectivity index is 2.29. The van der Waals surface area contributed by atoms with Gasteiger partial charge in [0, 0.05) is 12.0 Å². The van der Waals surface area contributed by atoms with Gasteiger partial charge in [-0.25, -0.2) is 0 Å². The molecule has 2 nitrogen and oxygen atoms in total. The van der Waals surface area contributed by atoms with Crippen molar-refractivity contribution in [2.45, 2.75) is 53.1 Å². The Morgan fingerprint density at radius 1 is 1.16 bits per heavy atom. The smallest absolute Gasteiger partial charge is 0.0662 e. The summed E-state index contributed by atoms with van der Waals surface area (Å²) < 4.78 is 0. The van der Waals surface area contributed by atoms with Gasteiger partial charge >= 0.3 is 0 Å². The summed E-state index contributed by atoms with van der Waals surface area (Å²) in [7, 11) is 0. The van der Waals surface area contributed by atoms with Crippen molar-refractivity contribution < 1.29 is 5.11 Å². The van der Waals surface area contributed by atoms with Crippen molar-refractivity contribution in [3.05, 3.63) is 34.9 Å². The van der Waals surface area contributed by atoms with Gasteiger partial charge < -0.3 is 10.8 Å². The second-order valence-electron chi connectivity index (χ2n) is 7.13. The molecule has 0 radical (unpaired) electrons. The number of benzene rings is 1. The topological polar surface area (TPSA) is 46.2 Å². The molecule has 0 amide bonds. The zero-order valence-corrected chi connectivity index (χ0v) is 12.7. The second-order valence-corrected chi connectivity index (χ2v) is 7.13. The van der Waals surface area contributed by atoms with Crippen LogP contribution in [-0.4, -0.2) is 17.8 Å². The first-order valence-corrected chi connectivity index (χ1v) is 7.24. The van der Waals surface area contributed by atoms with Crippen molar-refractivity contribution >= 4 is 0 Å². The minimum atomic E-state index is -0.314. The summed E-state index contributed by atoms with van der Waals surface area (Å²) in [5, 5.41) is 10.7. The van der Waals surface area contributed by atoms with Crippen molar-refractivity contribution in [2.24, 2.45) is 16.6 Å². The van der Waals surface area contributed by atoms with Gasteiger partial charge in [0.05, 0.1) is 6.10 Å². The molecule has 0 heterocycles. The molecule has 2 unspecified atom stereocenters. The molecule has 0 aromatic heterocycles. The van der Waals surface area contributed by atoms with Crippen LogP contribution in [0.2, 0.25) is 0 Å². The molecule has 1 aliphatic rings. The fraction of sp³-hybridized carbons (Fsp3) is 0.647. The lowest BCUT2D eigenvalue weighted by atomic mass is 9.74. The first kappa shape index (κ1) is 14.5. The molecule has 0 aliphatic heterocycles. The van der Waals surface area contributed by atoms with Crippen LogP contribution in [-0.2, 0) is 6.42 Å². The highest BCUT2D eigenvalue weighted by Gasteiger charge is 2.50. The van der Waals surface area contributed by atoms with Crippen LogP contribution in [0.1, 0.15) is 43.4 Å². The van der Waals surface area contributed by atoms with Gasteiger partial charge in [-0.1, -0.05) is 43.2 Å². The van der Waals surface area contributed by atoms with Gasteiger partial charge in [0.25, 0.3) is 0 Å². The zero-order chi connectivity index (χ0) is 14.3. The molecule has 0 spiro atoms. The molecule has 0 saturated heterocycles. The third kappa shape index (κ3) is 2.70. The number of aliphatic hydroxyl groups excluding tert-OH is 1. The van der Waals surface area contributed by atoms with E-state index in [4.69, 9.17) is 5.73 Å². The van der Waals surface area contributed by atoms with Crippen molar-refractivity contribution in [2.75, 3.05) is 6.54 Å². The highest BCUT2D eigenvalue weighted by molar-refractivity contribution is 5.30. The average Bonchev–Trinajstić information content (AvgIpc) is 2.53. The van der Waals surface area contributed by atoms with E-state index < -0.39 is 0 Å². The van der Waals surface area contributed by atoms with Gasteiger partial charge in [0.15, 0.2) is 0 Å². The minimum absolute atomic E-state index is 0.0156. The van der Waals surface area contributed by atoms with E-state index in [1.54, 1.807) is 0 Å². The highest BCUT2D eigenvalue weighted by Crippen LogP contribution is 2.50. The molecule has 1 aromatic rings. The van der Waals surface area contributed by atoms with E-state index in [-0.39, 0.29) is 16.9 Å². The quantitative estimate of drug-likeness (QED) is 0.878. The Labute approximate surface area is 117 Å². The summed E-state index contributed by atoms with van der Waals surface area (Å²) in [6.07, 6.45) is 2.64. The van der Waals surface area contributed by atoms with Crippen molar-refractivity contribution in [3.63, 3.8) is 0 Å². The lowest BCUT2D eigenvalue weighted by molar-refractivity contribution is -0.00464. The normalized spacial score (nSPS) is 29.7. The molecular formula is C17H27NO. The number of hydrogen-bond donors (Lipinski definition) is 2. The van der Waals surface area contributed by atoms with Crippen LogP contribution < -0.4 is 5.73 Å². The molecule has 106 valence electrons. The van der Waals surface area contributed by atoms with Gasteiger partial charge in [0.1, 0.15) is 0 Å². The van der Waals surface area contributed by atoms with Gasteiger partial charge in [-0.05, 0) is 44.1 Å². The van der Waals surface area contributed by atoms with Gasteiger partial charge in [-0.2, -0.15) is 0 Å². The molecule has 1 aromatic carbocycles. The fourth-order valence-electron chi connectivity index (χ4n) is 3.72. The SMILES string of the molecule is Cc1cc(C)cc(CC2(CN)CCC(C)(C)C2O)c1. The Morgan fingerprint density at radius 2 is 1.74 bits per heavy atom. The molecule has 1 saturated carbocycles. The summed E-state index contributed by atoms with van der Waals surface area (Å²) in [6.45, 7) is 9.11. The number of hydrogen-bond acceptors (Lipinski definition) is 2. The third-order valence-electron chi connectivity index (χ3n) is 4.83. The van der Waals surface area contributed by atoms with E-state index in [0.717, 1.165) is 19.3 Å². The van der Waals surface area contributed by atoms with E-state index in [2.05, 4.69) is 45.9 Å². The number of aliphatic hydroxyl groups is 1. The highest BCUT2D eigenvalue weighted by atomic mass is 16.3. The molecule has 2 rings (SSSR count). The first-order chi connectivity index (χ1) is 8.79. The van der Waals surface area contributed by atoms with E-state index in [0.29, 0.717) is 6.54 Å². The largest absolute Gasteiger partial charge is 0.392 e. The van der Waals surface area contributed by atoms with E-state index in [9.17, 15) is 5.11 Å². The zero-order valence-electron chi connectivity index (χ0n) is 12.7. The summed E-state index contributed by atoms with van der Waals surface area (Å²) in [5.41, 5.74) is 9.76. The summed E-state index contributed by atoms with van der Waals surface area (Å²) in [5.74, 6) is 0. The molecule has 0 bridgehead atoms. The Bertz CT molecular complexity index is 446. The summed E-state index contributed by atoms with van der Waals surface area (Å²) >= 11 is 0. The molecule has 19 heavy (non-hydrogen) atoms. The van der Waals surface area contributed by atoms with Gasteiger partial charge in [0.2, 0.25) is 0 Å². The molecule has 1 fully saturated rings.